The summed E-state index contributed by atoms with van der Waals surface area (Å²) in [7, 11) is 1.54. The van der Waals surface area contributed by atoms with Crippen LogP contribution in [0.25, 0.3) is 17.0 Å². The molecule has 0 radical (unpaired) electrons. The monoisotopic (exact) mass is 716 g/mol. The van der Waals surface area contributed by atoms with Gasteiger partial charge in [-0.25, -0.2) is 14.2 Å². The van der Waals surface area contributed by atoms with Crippen LogP contribution in [0.2, 0.25) is 0 Å². The molecular formula is C35H30BrFN4O5S. The maximum Gasteiger partial charge on any atom is 0.338 e. The Balaban J connectivity index is 1.46. The lowest BCUT2D eigenvalue weighted by atomic mass is 9.95. The first-order valence-electron chi connectivity index (χ1n) is 14.7. The van der Waals surface area contributed by atoms with Crippen molar-refractivity contribution in [3.05, 3.63) is 125 Å². The number of rotatable bonds is 8. The number of hydrogen-bond donors (Lipinski definition) is 1. The minimum absolute atomic E-state index is 0.00379. The van der Waals surface area contributed by atoms with Crippen molar-refractivity contribution in [2.75, 3.05) is 12.4 Å². The first kappa shape index (κ1) is 32.1. The Hall–Kier alpha value is -4.81. The summed E-state index contributed by atoms with van der Waals surface area (Å²) in [5.41, 5.74) is 2.96. The number of allylic oxidation sites excluding steroid dienone is 1. The van der Waals surface area contributed by atoms with Crippen molar-refractivity contribution in [1.82, 2.24) is 9.13 Å². The van der Waals surface area contributed by atoms with Crippen LogP contribution in [-0.2, 0) is 20.9 Å². The van der Waals surface area contributed by atoms with Crippen molar-refractivity contribution < 1.29 is 23.5 Å². The Morgan fingerprint density at radius 3 is 2.60 bits per heavy atom. The normalized spacial score (nSPS) is 14.7. The largest absolute Gasteiger partial charge is 0.496 e. The Labute approximate surface area is 281 Å². The van der Waals surface area contributed by atoms with Crippen LogP contribution in [0.1, 0.15) is 37.9 Å². The SMILES string of the molecule is COc1ccc(Br)cc1[C@H]1C(C(=O)OC(C)C)=C(C)N=c2s/c(=C\c3cn(CC(=O)Nc4ccc(F)cc4)c4ccccc34)c(=O)n21. The van der Waals surface area contributed by atoms with Crippen molar-refractivity contribution in [3.63, 3.8) is 0 Å². The first-order valence-corrected chi connectivity index (χ1v) is 16.3. The number of amides is 1. The van der Waals surface area contributed by atoms with Gasteiger partial charge in [0.05, 0.1) is 29.0 Å². The van der Waals surface area contributed by atoms with Crippen molar-refractivity contribution in [2.24, 2.45) is 4.99 Å². The number of para-hydroxylation sites is 1. The van der Waals surface area contributed by atoms with Gasteiger partial charge in [0.25, 0.3) is 5.56 Å². The third-order valence-corrected chi connectivity index (χ3v) is 9.09. The van der Waals surface area contributed by atoms with Gasteiger partial charge in [-0.1, -0.05) is 45.5 Å². The number of carbonyl (C=O) groups is 2. The van der Waals surface area contributed by atoms with E-state index in [1.54, 1.807) is 37.5 Å². The smallest absolute Gasteiger partial charge is 0.338 e. The Morgan fingerprint density at radius 2 is 1.87 bits per heavy atom. The van der Waals surface area contributed by atoms with E-state index in [1.807, 2.05) is 42.6 Å². The molecule has 240 valence electrons. The zero-order valence-electron chi connectivity index (χ0n) is 25.9. The highest BCUT2D eigenvalue weighted by atomic mass is 79.9. The summed E-state index contributed by atoms with van der Waals surface area (Å²) in [6, 6.07) is 17.7. The number of methoxy groups -OCH3 is 1. The fourth-order valence-corrected chi connectivity index (χ4v) is 7.04. The molecule has 0 saturated heterocycles. The lowest BCUT2D eigenvalue weighted by molar-refractivity contribution is -0.143. The molecule has 1 aliphatic heterocycles. The van der Waals surface area contributed by atoms with Crippen LogP contribution >= 0.6 is 27.3 Å². The number of esters is 1. The Bertz CT molecular complexity index is 2250. The summed E-state index contributed by atoms with van der Waals surface area (Å²) in [6.07, 6.45) is 3.22. The lowest BCUT2D eigenvalue weighted by Crippen LogP contribution is -2.40. The van der Waals surface area contributed by atoms with Crippen LogP contribution < -0.4 is 24.9 Å². The number of nitrogens with one attached hydrogen (secondary N) is 1. The average Bonchev–Trinajstić information content (AvgIpc) is 3.53. The number of benzene rings is 3. The highest BCUT2D eigenvalue weighted by molar-refractivity contribution is 9.10. The summed E-state index contributed by atoms with van der Waals surface area (Å²) < 4.78 is 29.1. The zero-order chi connectivity index (χ0) is 33.4. The molecule has 0 saturated carbocycles. The first-order chi connectivity index (χ1) is 22.5. The molecule has 2 aromatic heterocycles. The number of ether oxygens (including phenoxy) is 2. The predicted molar refractivity (Wildman–Crippen MR) is 183 cm³/mol. The molecule has 0 fully saturated rings. The summed E-state index contributed by atoms with van der Waals surface area (Å²) in [5, 5.41) is 3.63. The minimum atomic E-state index is -0.858. The second kappa shape index (κ2) is 13.1. The molecule has 1 atom stereocenters. The zero-order valence-corrected chi connectivity index (χ0v) is 28.3. The molecule has 1 amide bonds. The van der Waals surface area contributed by atoms with E-state index >= 15 is 0 Å². The fraction of sp³-hybridized carbons (Fsp3) is 0.200. The average molecular weight is 718 g/mol. The van der Waals surface area contributed by atoms with Crippen LogP contribution in [0.4, 0.5) is 10.1 Å². The van der Waals surface area contributed by atoms with Gasteiger partial charge in [0.15, 0.2) is 4.80 Å². The molecule has 12 heteroatoms. The number of carbonyl (C=O) groups excluding carboxylic acids is 2. The van der Waals surface area contributed by atoms with Crippen molar-refractivity contribution in [3.8, 4) is 5.75 Å². The third-order valence-electron chi connectivity index (χ3n) is 7.62. The predicted octanol–water partition coefficient (Wildman–Crippen LogP) is 5.69. The maximum atomic E-state index is 14.3. The minimum Gasteiger partial charge on any atom is -0.496 e. The topological polar surface area (TPSA) is 104 Å². The van der Waals surface area contributed by atoms with Crippen LogP contribution in [-0.4, -0.2) is 34.2 Å². The van der Waals surface area contributed by atoms with E-state index in [4.69, 9.17) is 14.5 Å². The molecule has 47 heavy (non-hydrogen) atoms. The van der Waals surface area contributed by atoms with Gasteiger partial charge >= 0.3 is 5.97 Å². The molecule has 0 unspecified atom stereocenters. The van der Waals surface area contributed by atoms with Crippen LogP contribution in [0.15, 0.2) is 98.5 Å². The van der Waals surface area contributed by atoms with Crippen molar-refractivity contribution in [1.29, 1.82) is 0 Å². The number of fused-ring (bicyclic) bond motifs is 2. The maximum absolute atomic E-state index is 14.3. The molecule has 0 spiro atoms. The molecular weight excluding hydrogens is 687 g/mol. The van der Waals surface area contributed by atoms with E-state index < -0.39 is 17.8 Å². The molecule has 5 aromatic rings. The van der Waals surface area contributed by atoms with Gasteiger partial charge in [-0.05, 0) is 75.4 Å². The van der Waals surface area contributed by atoms with Gasteiger partial charge in [-0.3, -0.25) is 14.2 Å². The standard InChI is InChI=1S/C35H30BrFN4O5S/c1-19(2)46-34(44)31-20(3)38-35-41(32(31)26-16-22(36)9-14-28(26)45-4)33(43)29(47-35)15-21-17-40(27-8-6-5-7-25(21)27)18-30(42)39-24-12-10-23(37)11-13-24/h5-17,19,32H,18H2,1-4H3,(H,39,42)/b29-15-/t32-/m0/s1. The molecule has 1 aliphatic rings. The van der Waals surface area contributed by atoms with Gasteiger partial charge in [0.1, 0.15) is 24.2 Å². The van der Waals surface area contributed by atoms with E-state index in [0.717, 1.165) is 20.9 Å². The van der Waals surface area contributed by atoms with Crippen LogP contribution in [0, 0.1) is 5.82 Å². The van der Waals surface area contributed by atoms with E-state index in [1.165, 1.54) is 47.3 Å². The third kappa shape index (κ3) is 6.43. The quantitative estimate of drug-likeness (QED) is 0.208. The molecule has 3 aromatic carbocycles. The number of halogens is 2. The van der Waals surface area contributed by atoms with E-state index in [9.17, 15) is 18.8 Å². The van der Waals surface area contributed by atoms with Gasteiger partial charge in [-0.15, -0.1) is 0 Å². The van der Waals surface area contributed by atoms with Crippen LogP contribution in [0.3, 0.4) is 0 Å². The summed E-state index contributed by atoms with van der Waals surface area (Å²) in [5.74, 6) is -0.746. The fourth-order valence-electron chi connectivity index (χ4n) is 5.62. The highest BCUT2D eigenvalue weighted by Gasteiger charge is 2.35. The van der Waals surface area contributed by atoms with Gasteiger partial charge < -0.3 is 19.4 Å². The number of hydrogen-bond acceptors (Lipinski definition) is 7. The van der Waals surface area contributed by atoms with E-state index in [0.29, 0.717) is 32.0 Å². The van der Waals surface area contributed by atoms with E-state index in [-0.39, 0.29) is 29.7 Å². The molecule has 6 rings (SSSR count). The summed E-state index contributed by atoms with van der Waals surface area (Å²) in [6.45, 7) is 5.26. The summed E-state index contributed by atoms with van der Waals surface area (Å²) in [4.78, 5) is 45.9. The lowest BCUT2D eigenvalue weighted by Gasteiger charge is -2.26. The molecule has 9 nitrogen and oxygen atoms in total. The molecule has 1 N–H and O–H groups in total. The van der Waals surface area contributed by atoms with Gasteiger partial charge in [-0.2, -0.15) is 0 Å². The van der Waals surface area contributed by atoms with Crippen molar-refractivity contribution >= 4 is 61.8 Å². The van der Waals surface area contributed by atoms with E-state index in [2.05, 4.69) is 21.2 Å². The Kier molecular flexibility index (Phi) is 8.98. The number of thiazole rings is 1. The number of aromatic nitrogens is 2. The molecule has 0 aliphatic carbocycles. The number of nitrogens with zero attached hydrogens (tertiary/aromatic N) is 3. The second-order valence-electron chi connectivity index (χ2n) is 11.2. The highest BCUT2D eigenvalue weighted by Crippen LogP contribution is 2.37. The summed E-state index contributed by atoms with van der Waals surface area (Å²) >= 11 is 4.74. The van der Waals surface area contributed by atoms with Crippen LogP contribution in [0.5, 0.6) is 5.75 Å². The van der Waals surface area contributed by atoms with Crippen molar-refractivity contribution in [2.45, 2.75) is 39.5 Å². The van der Waals surface area contributed by atoms with Gasteiger partial charge in [0.2, 0.25) is 5.91 Å². The molecule has 0 bridgehead atoms. The molecule has 3 heterocycles. The Morgan fingerprint density at radius 1 is 1.13 bits per heavy atom. The number of anilines is 1. The van der Waals surface area contributed by atoms with Gasteiger partial charge in [0, 0.05) is 38.4 Å². The second-order valence-corrected chi connectivity index (χ2v) is 13.1.